The van der Waals surface area contributed by atoms with Crippen LogP contribution in [0.3, 0.4) is 0 Å². The highest BCUT2D eigenvalue weighted by molar-refractivity contribution is 7.91. The number of nitrogens with one attached hydrogen (secondary N) is 1. The van der Waals surface area contributed by atoms with Gasteiger partial charge in [0.2, 0.25) is 5.91 Å². The van der Waals surface area contributed by atoms with Crippen LogP contribution in [0.5, 0.6) is 11.5 Å². The van der Waals surface area contributed by atoms with Gasteiger partial charge in [0.25, 0.3) is 10.0 Å². The number of benzene rings is 1. The van der Waals surface area contributed by atoms with Crippen molar-refractivity contribution in [3.8, 4) is 22.8 Å². The number of halogens is 1. The minimum absolute atomic E-state index is 0.0736. The lowest BCUT2D eigenvalue weighted by atomic mass is 10.1. The first-order valence-electron chi connectivity index (χ1n) is 8.44. The Morgan fingerprint density at radius 3 is 2.63 bits per heavy atom. The van der Waals surface area contributed by atoms with E-state index < -0.39 is 15.9 Å². The van der Waals surface area contributed by atoms with E-state index in [9.17, 15) is 13.2 Å². The number of aromatic nitrogens is 1. The number of amides is 1. The molecule has 0 bridgehead atoms. The number of rotatable bonds is 8. The first-order valence-corrected chi connectivity index (χ1v) is 12.0. The Morgan fingerprint density at radius 2 is 2.00 bits per heavy atom. The number of sulfonamides is 1. The summed E-state index contributed by atoms with van der Waals surface area (Å²) in [6, 6.07) is 8.23. The fraction of sp³-hybridized carbons (Fsp3) is 0.222. The number of thiazole rings is 1. The number of likely N-dealkylation sites (N-methyl/N-ethyl adjacent to an activating group) is 1. The van der Waals surface area contributed by atoms with Crippen LogP contribution in [0.25, 0.3) is 11.3 Å². The molecule has 3 rings (SSSR count). The Hall–Kier alpha value is -2.18. The number of hydrogen-bond donors (Lipinski definition) is 1. The summed E-state index contributed by atoms with van der Waals surface area (Å²) in [7, 11) is 0.645. The summed E-state index contributed by atoms with van der Waals surface area (Å²) in [5.41, 5.74) is 1.31. The van der Waals surface area contributed by atoms with E-state index in [2.05, 4.69) is 10.3 Å². The van der Waals surface area contributed by atoms with Crippen LogP contribution >= 0.6 is 34.3 Å². The van der Waals surface area contributed by atoms with Gasteiger partial charge in [-0.25, -0.2) is 13.4 Å². The zero-order chi connectivity index (χ0) is 21.9. The van der Waals surface area contributed by atoms with E-state index in [1.165, 1.54) is 30.5 Å². The van der Waals surface area contributed by atoms with Crippen LogP contribution in [0.2, 0.25) is 4.34 Å². The minimum Gasteiger partial charge on any atom is -0.497 e. The Balaban J connectivity index is 1.71. The van der Waals surface area contributed by atoms with Crippen LogP contribution in [-0.4, -0.2) is 51.4 Å². The zero-order valence-electron chi connectivity index (χ0n) is 16.2. The van der Waals surface area contributed by atoms with Crippen molar-refractivity contribution in [2.45, 2.75) is 4.21 Å². The Kier molecular flexibility index (Phi) is 6.98. The molecule has 0 saturated heterocycles. The lowest BCUT2D eigenvalue weighted by molar-refractivity contribution is -0.116. The average molecular weight is 488 g/mol. The van der Waals surface area contributed by atoms with Crippen molar-refractivity contribution >= 4 is 55.3 Å². The molecule has 0 unspecified atom stereocenters. The monoisotopic (exact) mass is 487 g/mol. The second kappa shape index (κ2) is 9.31. The maximum absolute atomic E-state index is 12.5. The summed E-state index contributed by atoms with van der Waals surface area (Å²) in [4.78, 5) is 16.8. The van der Waals surface area contributed by atoms with Crippen molar-refractivity contribution in [3.63, 3.8) is 0 Å². The Bertz CT molecular complexity index is 1160. The third kappa shape index (κ3) is 4.93. The van der Waals surface area contributed by atoms with Crippen molar-refractivity contribution in [2.24, 2.45) is 0 Å². The molecular weight excluding hydrogens is 470 g/mol. The lowest BCUT2D eigenvalue weighted by Crippen LogP contribution is -2.34. The van der Waals surface area contributed by atoms with Gasteiger partial charge in [-0.1, -0.05) is 11.6 Å². The molecule has 2 heterocycles. The number of carbonyl (C=O) groups is 1. The van der Waals surface area contributed by atoms with Crippen LogP contribution in [0.4, 0.5) is 5.13 Å². The van der Waals surface area contributed by atoms with E-state index in [0.717, 1.165) is 15.6 Å². The molecule has 160 valence electrons. The predicted octanol–water partition coefficient (Wildman–Crippen LogP) is 3.80. The van der Waals surface area contributed by atoms with Crippen molar-refractivity contribution in [2.75, 3.05) is 33.1 Å². The molecule has 3 aromatic rings. The van der Waals surface area contributed by atoms with Crippen LogP contribution in [0.15, 0.2) is 39.9 Å². The highest BCUT2D eigenvalue weighted by Gasteiger charge is 2.25. The summed E-state index contributed by atoms with van der Waals surface area (Å²) in [6.07, 6.45) is 0. The third-order valence-corrected chi connectivity index (χ3v) is 8.27. The molecule has 30 heavy (non-hydrogen) atoms. The second-order valence-electron chi connectivity index (χ2n) is 5.97. The van der Waals surface area contributed by atoms with Gasteiger partial charge in [0, 0.05) is 18.0 Å². The van der Waals surface area contributed by atoms with Gasteiger partial charge in [-0.2, -0.15) is 4.31 Å². The number of ether oxygens (including phenoxy) is 2. The Morgan fingerprint density at radius 1 is 1.23 bits per heavy atom. The fourth-order valence-corrected chi connectivity index (χ4v) is 6.05. The van der Waals surface area contributed by atoms with E-state index in [1.54, 1.807) is 37.8 Å². The average Bonchev–Trinajstić information content (AvgIpc) is 3.36. The van der Waals surface area contributed by atoms with Crippen molar-refractivity contribution in [3.05, 3.63) is 40.0 Å². The van der Waals surface area contributed by atoms with Crippen LogP contribution < -0.4 is 14.8 Å². The molecule has 0 aliphatic carbocycles. The maximum Gasteiger partial charge on any atom is 0.252 e. The van der Waals surface area contributed by atoms with Gasteiger partial charge < -0.3 is 14.8 Å². The number of methoxy groups -OCH3 is 2. The SMILES string of the molecule is COc1ccc(OC)c(-c2csc(NC(=O)CN(C)S(=O)(=O)c3ccc(Cl)s3)n2)c1. The maximum atomic E-state index is 12.5. The summed E-state index contributed by atoms with van der Waals surface area (Å²) < 4.78 is 37.0. The minimum atomic E-state index is -3.80. The summed E-state index contributed by atoms with van der Waals surface area (Å²) >= 11 is 7.96. The van der Waals surface area contributed by atoms with E-state index in [4.69, 9.17) is 21.1 Å². The van der Waals surface area contributed by atoms with Crippen molar-refractivity contribution in [1.82, 2.24) is 9.29 Å². The highest BCUT2D eigenvalue weighted by atomic mass is 35.5. The van der Waals surface area contributed by atoms with Crippen LogP contribution in [-0.2, 0) is 14.8 Å². The smallest absolute Gasteiger partial charge is 0.252 e. The first kappa shape index (κ1) is 22.5. The van der Waals surface area contributed by atoms with E-state index in [0.29, 0.717) is 32.2 Å². The van der Waals surface area contributed by atoms with E-state index in [-0.39, 0.29) is 10.8 Å². The molecule has 8 nitrogen and oxygen atoms in total. The number of nitrogens with zero attached hydrogens (tertiary/aromatic N) is 2. The van der Waals surface area contributed by atoms with Gasteiger partial charge in [0.15, 0.2) is 5.13 Å². The van der Waals surface area contributed by atoms with Crippen LogP contribution in [0, 0.1) is 0 Å². The topological polar surface area (TPSA) is 97.8 Å². The molecule has 0 aliphatic rings. The number of thiophene rings is 1. The number of anilines is 1. The predicted molar refractivity (Wildman–Crippen MR) is 118 cm³/mol. The van der Waals surface area contributed by atoms with Crippen LogP contribution in [0.1, 0.15) is 0 Å². The quantitative estimate of drug-likeness (QED) is 0.519. The standard InChI is InChI=1S/C18H18ClN3O5S3/c1-22(30(24,25)17-7-6-15(19)29-17)9-16(23)21-18-20-13(10-28-18)12-8-11(26-2)4-5-14(12)27-3/h4-8,10H,9H2,1-3H3,(H,20,21,23). The van der Waals surface area contributed by atoms with Gasteiger partial charge in [-0.3, -0.25) is 4.79 Å². The zero-order valence-corrected chi connectivity index (χ0v) is 19.4. The normalized spacial score (nSPS) is 11.5. The van der Waals surface area contributed by atoms with E-state index in [1.807, 2.05) is 0 Å². The molecule has 0 radical (unpaired) electrons. The molecule has 0 fully saturated rings. The molecule has 0 spiro atoms. The molecular formula is C18H18ClN3O5S3. The number of hydrogen-bond acceptors (Lipinski definition) is 8. The molecule has 1 N–H and O–H groups in total. The fourth-order valence-electron chi connectivity index (χ4n) is 2.51. The molecule has 1 amide bonds. The first-order chi connectivity index (χ1) is 14.2. The van der Waals surface area contributed by atoms with Gasteiger partial charge >= 0.3 is 0 Å². The van der Waals surface area contributed by atoms with Crippen molar-refractivity contribution < 1.29 is 22.7 Å². The van der Waals surface area contributed by atoms with Gasteiger partial charge in [-0.15, -0.1) is 22.7 Å². The summed E-state index contributed by atoms with van der Waals surface area (Å²) in [5, 5.41) is 4.73. The summed E-state index contributed by atoms with van der Waals surface area (Å²) in [6.45, 7) is -0.366. The van der Waals surface area contributed by atoms with Gasteiger partial charge in [-0.05, 0) is 30.3 Å². The molecule has 0 aliphatic heterocycles. The van der Waals surface area contributed by atoms with Gasteiger partial charge in [0.1, 0.15) is 15.7 Å². The van der Waals surface area contributed by atoms with Crippen molar-refractivity contribution in [1.29, 1.82) is 0 Å². The molecule has 12 heteroatoms. The number of carbonyl (C=O) groups excluding carboxylic acids is 1. The largest absolute Gasteiger partial charge is 0.497 e. The van der Waals surface area contributed by atoms with Gasteiger partial charge in [0.05, 0.1) is 30.8 Å². The summed E-state index contributed by atoms with van der Waals surface area (Å²) in [5.74, 6) is 0.742. The highest BCUT2D eigenvalue weighted by Crippen LogP contribution is 2.35. The lowest BCUT2D eigenvalue weighted by Gasteiger charge is -2.15. The molecule has 2 aromatic heterocycles. The molecule has 1 aromatic carbocycles. The van der Waals surface area contributed by atoms with E-state index >= 15 is 0 Å². The molecule has 0 saturated carbocycles. The Labute approximate surface area is 187 Å². The molecule has 0 atom stereocenters. The third-order valence-electron chi connectivity index (χ3n) is 4.01. The second-order valence-corrected chi connectivity index (χ2v) is 10.8.